The largest absolute Gasteiger partial charge is 0.496 e. The van der Waals surface area contributed by atoms with Gasteiger partial charge >= 0.3 is 6.61 Å². The summed E-state index contributed by atoms with van der Waals surface area (Å²) in [5, 5.41) is 5.35. The molecule has 2 amide bonds. The van der Waals surface area contributed by atoms with Gasteiger partial charge < -0.3 is 20.1 Å². The molecule has 156 valence electrons. The highest BCUT2D eigenvalue weighted by Gasteiger charge is 2.23. The van der Waals surface area contributed by atoms with E-state index in [4.69, 9.17) is 4.74 Å². The van der Waals surface area contributed by atoms with Crippen molar-refractivity contribution in [3.05, 3.63) is 54.1 Å². The number of benzene rings is 2. The smallest absolute Gasteiger partial charge is 0.387 e. The number of anilines is 1. The van der Waals surface area contributed by atoms with Gasteiger partial charge in [0, 0.05) is 11.8 Å². The van der Waals surface area contributed by atoms with Crippen LogP contribution in [0.2, 0.25) is 0 Å². The Morgan fingerprint density at radius 1 is 1.14 bits per heavy atom. The quantitative estimate of drug-likeness (QED) is 0.607. The number of hydrogen-bond donors (Lipinski definition) is 2. The molecule has 2 N–H and O–H groups in total. The first-order chi connectivity index (χ1) is 13.9. The summed E-state index contributed by atoms with van der Waals surface area (Å²) in [4.78, 5) is 25.4. The van der Waals surface area contributed by atoms with E-state index in [1.54, 1.807) is 30.3 Å². The van der Waals surface area contributed by atoms with Gasteiger partial charge in [-0.3, -0.25) is 9.59 Å². The summed E-state index contributed by atoms with van der Waals surface area (Å²) in [6.45, 7) is -2.96. The van der Waals surface area contributed by atoms with Crippen LogP contribution in [0.4, 0.5) is 14.5 Å². The Balaban J connectivity index is 2.12. The molecule has 0 fully saturated rings. The van der Waals surface area contributed by atoms with Crippen LogP contribution in [-0.2, 0) is 4.79 Å². The molecule has 9 heteroatoms. The van der Waals surface area contributed by atoms with Crippen LogP contribution in [0.15, 0.2) is 48.5 Å². The number of methoxy groups -OCH3 is 1. The van der Waals surface area contributed by atoms with Gasteiger partial charge in [0.25, 0.3) is 5.91 Å². The zero-order valence-corrected chi connectivity index (χ0v) is 16.8. The molecule has 0 aliphatic carbocycles. The van der Waals surface area contributed by atoms with Crippen LogP contribution in [0.25, 0.3) is 0 Å². The van der Waals surface area contributed by atoms with Gasteiger partial charge in [0.2, 0.25) is 5.91 Å². The number of nitrogens with one attached hydrogen (secondary N) is 2. The van der Waals surface area contributed by atoms with Gasteiger partial charge in [-0.25, -0.2) is 0 Å². The average molecular weight is 424 g/mol. The third kappa shape index (κ3) is 6.94. The van der Waals surface area contributed by atoms with Crippen LogP contribution in [0.1, 0.15) is 16.8 Å². The van der Waals surface area contributed by atoms with Gasteiger partial charge in [-0.1, -0.05) is 18.2 Å². The van der Waals surface area contributed by atoms with E-state index in [0.717, 1.165) is 0 Å². The summed E-state index contributed by atoms with van der Waals surface area (Å²) in [6.07, 6.45) is 2.28. The Kier molecular flexibility index (Phi) is 8.72. The Morgan fingerprint density at radius 2 is 1.90 bits per heavy atom. The zero-order valence-electron chi connectivity index (χ0n) is 16.0. The lowest BCUT2D eigenvalue weighted by Crippen LogP contribution is -2.44. The summed E-state index contributed by atoms with van der Waals surface area (Å²) in [6, 6.07) is 11.5. The lowest BCUT2D eigenvalue weighted by molar-refractivity contribution is -0.118. The third-order valence-corrected chi connectivity index (χ3v) is 4.55. The number of rotatable bonds is 10. The molecule has 2 rings (SSSR count). The van der Waals surface area contributed by atoms with Crippen LogP contribution in [0, 0.1) is 0 Å². The molecule has 1 unspecified atom stereocenters. The van der Waals surface area contributed by atoms with Gasteiger partial charge in [0.1, 0.15) is 17.5 Å². The molecule has 0 saturated heterocycles. The molecule has 0 spiro atoms. The number of amides is 2. The number of thioether (sulfide) groups is 1. The van der Waals surface area contributed by atoms with E-state index in [1.165, 1.54) is 37.1 Å². The molecular weight excluding hydrogens is 402 g/mol. The molecule has 0 aromatic heterocycles. The first-order valence-electron chi connectivity index (χ1n) is 8.73. The number of para-hydroxylation sites is 1. The maximum absolute atomic E-state index is 12.7. The molecule has 0 radical (unpaired) electrons. The van der Waals surface area contributed by atoms with Crippen molar-refractivity contribution in [2.24, 2.45) is 0 Å². The summed E-state index contributed by atoms with van der Waals surface area (Å²) in [7, 11) is 1.46. The fourth-order valence-electron chi connectivity index (χ4n) is 2.55. The second kappa shape index (κ2) is 11.3. The first-order valence-corrected chi connectivity index (χ1v) is 10.1. The number of halogens is 2. The number of hydrogen-bond acceptors (Lipinski definition) is 5. The van der Waals surface area contributed by atoms with Crippen molar-refractivity contribution in [2.75, 3.05) is 24.4 Å². The lowest BCUT2D eigenvalue weighted by atomic mass is 10.1. The highest BCUT2D eigenvalue weighted by atomic mass is 32.2. The molecular formula is C20H22F2N2O4S. The molecule has 0 aliphatic heterocycles. The fraction of sp³-hybridized carbons (Fsp3) is 0.300. The van der Waals surface area contributed by atoms with Crippen LogP contribution in [0.3, 0.4) is 0 Å². The lowest BCUT2D eigenvalue weighted by Gasteiger charge is -2.19. The number of alkyl halides is 2. The monoisotopic (exact) mass is 424 g/mol. The van der Waals surface area contributed by atoms with Crippen molar-refractivity contribution in [3.8, 4) is 11.5 Å². The Bertz CT molecular complexity index is 836. The second-order valence-corrected chi connectivity index (χ2v) is 6.89. The Hall–Kier alpha value is -2.81. The second-order valence-electron chi connectivity index (χ2n) is 5.90. The Morgan fingerprint density at radius 3 is 2.59 bits per heavy atom. The van der Waals surface area contributed by atoms with Gasteiger partial charge in [-0.2, -0.15) is 20.5 Å². The third-order valence-electron chi connectivity index (χ3n) is 3.91. The first kappa shape index (κ1) is 22.5. The molecule has 1 atom stereocenters. The summed E-state index contributed by atoms with van der Waals surface area (Å²) in [5.74, 6) is 0.0520. The predicted octanol–water partition coefficient (Wildman–Crippen LogP) is 3.79. The highest BCUT2D eigenvalue weighted by molar-refractivity contribution is 7.98. The molecule has 0 saturated carbocycles. The van der Waals surface area contributed by atoms with E-state index in [1.807, 2.05) is 6.26 Å². The number of ether oxygens (including phenoxy) is 2. The summed E-state index contributed by atoms with van der Waals surface area (Å²) >= 11 is 1.53. The minimum atomic E-state index is -2.96. The van der Waals surface area contributed by atoms with E-state index in [2.05, 4.69) is 15.4 Å². The van der Waals surface area contributed by atoms with Crippen LogP contribution < -0.4 is 20.1 Å². The van der Waals surface area contributed by atoms with E-state index in [9.17, 15) is 18.4 Å². The molecule has 2 aromatic rings. The van der Waals surface area contributed by atoms with Crippen molar-refractivity contribution in [1.29, 1.82) is 0 Å². The van der Waals surface area contributed by atoms with E-state index in [0.29, 0.717) is 23.5 Å². The molecule has 6 nitrogen and oxygen atoms in total. The van der Waals surface area contributed by atoms with E-state index < -0.39 is 24.5 Å². The number of carbonyl (C=O) groups is 2. The minimum absolute atomic E-state index is 0.0727. The SMILES string of the molecule is COc1ccccc1C(=O)NC(CCSC)C(=O)Nc1cccc(OC(F)F)c1. The molecule has 0 heterocycles. The van der Waals surface area contributed by atoms with Crippen molar-refractivity contribution in [3.63, 3.8) is 0 Å². The number of carbonyl (C=O) groups excluding carboxylic acids is 2. The summed E-state index contributed by atoms with van der Waals surface area (Å²) in [5.41, 5.74) is 0.595. The van der Waals surface area contributed by atoms with Crippen molar-refractivity contribution in [2.45, 2.75) is 19.1 Å². The standard InChI is InChI=1S/C20H22F2N2O4S/c1-27-17-9-4-3-8-15(17)18(25)24-16(10-11-29-2)19(26)23-13-6-5-7-14(12-13)28-20(21)22/h3-9,12,16,20H,10-11H2,1-2H3,(H,23,26)(H,24,25). The van der Waals surface area contributed by atoms with Gasteiger partial charge in [-0.05, 0) is 42.7 Å². The fourth-order valence-corrected chi connectivity index (χ4v) is 3.02. The Labute approximate surface area is 172 Å². The normalized spacial score (nSPS) is 11.6. The highest BCUT2D eigenvalue weighted by Crippen LogP contribution is 2.20. The maximum atomic E-state index is 12.7. The van der Waals surface area contributed by atoms with Crippen LogP contribution in [-0.4, -0.2) is 43.6 Å². The minimum Gasteiger partial charge on any atom is -0.496 e. The molecule has 29 heavy (non-hydrogen) atoms. The van der Waals surface area contributed by atoms with Crippen LogP contribution >= 0.6 is 11.8 Å². The molecule has 2 aromatic carbocycles. The average Bonchev–Trinajstić information content (AvgIpc) is 2.70. The summed E-state index contributed by atoms with van der Waals surface area (Å²) < 4.78 is 34.3. The van der Waals surface area contributed by atoms with Crippen molar-refractivity contribution in [1.82, 2.24) is 5.32 Å². The van der Waals surface area contributed by atoms with Crippen molar-refractivity contribution < 1.29 is 27.8 Å². The molecule has 0 bridgehead atoms. The van der Waals surface area contributed by atoms with Crippen molar-refractivity contribution >= 4 is 29.3 Å². The zero-order chi connectivity index (χ0) is 21.2. The van der Waals surface area contributed by atoms with Gasteiger partial charge in [0.15, 0.2) is 0 Å². The predicted molar refractivity (Wildman–Crippen MR) is 109 cm³/mol. The van der Waals surface area contributed by atoms with E-state index in [-0.39, 0.29) is 11.4 Å². The maximum Gasteiger partial charge on any atom is 0.387 e. The van der Waals surface area contributed by atoms with Crippen LogP contribution in [0.5, 0.6) is 11.5 Å². The van der Waals surface area contributed by atoms with Gasteiger partial charge in [0.05, 0.1) is 12.7 Å². The topological polar surface area (TPSA) is 76.7 Å². The molecule has 0 aliphatic rings. The van der Waals surface area contributed by atoms with Gasteiger partial charge in [-0.15, -0.1) is 0 Å². The van der Waals surface area contributed by atoms with E-state index >= 15 is 0 Å².